The van der Waals surface area contributed by atoms with Crippen LogP contribution in [0.1, 0.15) is 32.6 Å². The zero-order chi connectivity index (χ0) is 7.90. The normalized spacial score (nSPS) is 27.2. The van der Waals surface area contributed by atoms with Crippen LogP contribution in [0.15, 0.2) is 0 Å². The molecule has 0 bridgehead atoms. The van der Waals surface area contributed by atoms with Gasteiger partial charge in [0.05, 0.1) is 0 Å². The van der Waals surface area contributed by atoms with Crippen molar-refractivity contribution in [2.45, 2.75) is 32.6 Å². The van der Waals surface area contributed by atoms with Gasteiger partial charge in [0.1, 0.15) is 0 Å². The monoisotopic (exact) mass is 153 g/mol. The first-order chi connectivity index (χ1) is 5.22. The summed E-state index contributed by atoms with van der Waals surface area (Å²) >= 11 is 0. The highest BCUT2D eigenvalue weighted by molar-refractivity contribution is 5.74. The summed E-state index contributed by atoms with van der Waals surface area (Å²) in [6.45, 7) is 3.76. The van der Waals surface area contributed by atoms with E-state index in [0.29, 0.717) is 5.41 Å². The Bertz CT molecular complexity index is 174. The largest absolute Gasteiger partial charge is 0.342 e. The minimum atomic E-state index is 0.252. The van der Waals surface area contributed by atoms with Gasteiger partial charge in [-0.25, -0.2) is 0 Å². The van der Waals surface area contributed by atoms with Crippen molar-refractivity contribution < 1.29 is 4.79 Å². The van der Waals surface area contributed by atoms with Gasteiger partial charge in [-0.05, 0) is 12.8 Å². The van der Waals surface area contributed by atoms with E-state index in [4.69, 9.17) is 0 Å². The predicted molar refractivity (Wildman–Crippen MR) is 43.2 cm³/mol. The Morgan fingerprint density at radius 1 is 1.27 bits per heavy atom. The topological polar surface area (TPSA) is 20.3 Å². The molecule has 0 aromatic heterocycles. The molecule has 0 N–H and O–H groups in total. The van der Waals surface area contributed by atoms with Crippen molar-refractivity contribution in [1.29, 1.82) is 0 Å². The van der Waals surface area contributed by atoms with Crippen molar-refractivity contribution in [2.75, 3.05) is 13.1 Å². The molecule has 0 unspecified atom stereocenters. The first-order valence-corrected chi connectivity index (χ1v) is 4.47. The van der Waals surface area contributed by atoms with E-state index in [0.717, 1.165) is 13.1 Å². The first-order valence-electron chi connectivity index (χ1n) is 4.47. The highest BCUT2D eigenvalue weighted by atomic mass is 16.2. The third kappa shape index (κ3) is 1.05. The molecular formula is C9H15NO. The fraction of sp³-hybridized carbons (Fsp3) is 0.889. The van der Waals surface area contributed by atoms with E-state index < -0.39 is 0 Å². The third-order valence-electron chi connectivity index (χ3n) is 3.16. The minimum Gasteiger partial charge on any atom is -0.342 e. The van der Waals surface area contributed by atoms with Crippen LogP contribution in [-0.4, -0.2) is 23.9 Å². The van der Waals surface area contributed by atoms with Gasteiger partial charge in [0, 0.05) is 25.4 Å². The second-order valence-corrected chi connectivity index (χ2v) is 4.08. The second-order valence-electron chi connectivity index (χ2n) is 4.08. The van der Waals surface area contributed by atoms with Gasteiger partial charge in [-0.2, -0.15) is 0 Å². The van der Waals surface area contributed by atoms with Crippen LogP contribution in [0.2, 0.25) is 0 Å². The molecule has 1 saturated carbocycles. The number of amides is 1. The molecule has 1 saturated heterocycles. The Hall–Kier alpha value is -0.530. The summed E-state index contributed by atoms with van der Waals surface area (Å²) in [5.41, 5.74) is 0.575. The van der Waals surface area contributed by atoms with Crippen molar-refractivity contribution in [1.82, 2.24) is 4.90 Å². The van der Waals surface area contributed by atoms with Crippen LogP contribution in [0.25, 0.3) is 0 Å². The zero-order valence-corrected chi connectivity index (χ0v) is 7.10. The van der Waals surface area contributed by atoms with Crippen molar-refractivity contribution in [3.8, 4) is 0 Å². The summed E-state index contributed by atoms with van der Waals surface area (Å²) in [7, 11) is 0. The lowest BCUT2D eigenvalue weighted by atomic mass is 9.78. The van der Waals surface area contributed by atoms with Gasteiger partial charge < -0.3 is 4.90 Å². The Morgan fingerprint density at radius 3 is 2.27 bits per heavy atom. The molecular weight excluding hydrogens is 138 g/mol. The number of nitrogens with zero attached hydrogens (tertiary/aromatic N) is 1. The smallest absolute Gasteiger partial charge is 0.219 e. The average molecular weight is 153 g/mol. The van der Waals surface area contributed by atoms with Crippen molar-refractivity contribution in [3.05, 3.63) is 0 Å². The molecule has 0 aromatic carbocycles. The summed E-state index contributed by atoms with van der Waals surface area (Å²) in [5.74, 6) is 0.252. The average Bonchev–Trinajstić information content (AvgIpc) is 2.29. The highest BCUT2D eigenvalue weighted by Gasteiger charge is 2.45. The molecule has 1 heterocycles. The Labute approximate surface area is 67.6 Å². The standard InChI is InChI=1S/C9H15NO/c1-8(11)10-6-9(7-10)4-2-3-5-9/h2-7H2,1H3. The lowest BCUT2D eigenvalue weighted by Gasteiger charge is -2.47. The molecule has 62 valence electrons. The van der Waals surface area contributed by atoms with Crippen LogP contribution in [-0.2, 0) is 4.79 Å². The summed E-state index contributed by atoms with van der Waals surface area (Å²) < 4.78 is 0. The van der Waals surface area contributed by atoms with E-state index in [2.05, 4.69) is 0 Å². The lowest BCUT2D eigenvalue weighted by molar-refractivity contribution is -0.140. The number of rotatable bonds is 0. The van der Waals surface area contributed by atoms with E-state index in [9.17, 15) is 4.79 Å². The maximum absolute atomic E-state index is 10.9. The summed E-state index contributed by atoms with van der Waals surface area (Å²) in [5, 5.41) is 0. The Kier molecular flexibility index (Phi) is 1.44. The van der Waals surface area contributed by atoms with Crippen LogP contribution < -0.4 is 0 Å². The number of carbonyl (C=O) groups excluding carboxylic acids is 1. The van der Waals surface area contributed by atoms with Crippen LogP contribution in [0.5, 0.6) is 0 Å². The fourth-order valence-corrected chi connectivity index (χ4v) is 2.43. The number of likely N-dealkylation sites (tertiary alicyclic amines) is 1. The molecule has 11 heavy (non-hydrogen) atoms. The predicted octanol–water partition coefficient (Wildman–Crippen LogP) is 1.41. The highest BCUT2D eigenvalue weighted by Crippen LogP contribution is 2.45. The van der Waals surface area contributed by atoms with E-state index in [1.54, 1.807) is 6.92 Å². The molecule has 1 amide bonds. The molecule has 1 aliphatic heterocycles. The maximum Gasteiger partial charge on any atom is 0.219 e. The first kappa shape index (κ1) is 7.14. The van der Waals surface area contributed by atoms with Crippen molar-refractivity contribution >= 4 is 5.91 Å². The summed E-state index contributed by atoms with van der Waals surface area (Å²) in [4.78, 5) is 12.9. The Balaban J connectivity index is 1.91. The number of hydrogen-bond acceptors (Lipinski definition) is 1. The van der Waals surface area contributed by atoms with Crippen LogP contribution in [0.3, 0.4) is 0 Å². The second kappa shape index (κ2) is 2.23. The van der Waals surface area contributed by atoms with E-state index in [1.807, 2.05) is 4.90 Å². The zero-order valence-electron chi connectivity index (χ0n) is 7.10. The third-order valence-corrected chi connectivity index (χ3v) is 3.16. The molecule has 0 atom stereocenters. The SMILES string of the molecule is CC(=O)N1CC2(CCCC2)C1. The summed E-state index contributed by atoms with van der Waals surface area (Å²) in [6.07, 6.45) is 5.48. The van der Waals surface area contributed by atoms with Crippen LogP contribution in [0, 0.1) is 5.41 Å². The fourth-order valence-electron chi connectivity index (χ4n) is 2.43. The molecule has 2 heteroatoms. The van der Waals surface area contributed by atoms with E-state index in [1.165, 1.54) is 25.7 Å². The van der Waals surface area contributed by atoms with Crippen LogP contribution >= 0.6 is 0 Å². The Morgan fingerprint density at radius 2 is 1.82 bits per heavy atom. The molecule has 2 nitrogen and oxygen atoms in total. The van der Waals surface area contributed by atoms with E-state index >= 15 is 0 Å². The van der Waals surface area contributed by atoms with E-state index in [-0.39, 0.29) is 5.91 Å². The molecule has 0 radical (unpaired) electrons. The number of hydrogen-bond donors (Lipinski definition) is 0. The van der Waals surface area contributed by atoms with Crippen molar-refractivity contribution in [2.24, 2.45) is 5.41 Å². The van der Waals surface area contributed by atoms with Gasteiger partial charge in [-0.15, -0.1) is 0 Å². The lowest BCUT2D eigenvalue weighted by Crippen LogP contribution is -2.56. The molecule has 2 aliphatic rings. The van der Waals surface area contributed by atoms with Gasteiger partial charge in [0.25, 0.3) is 0 Å². The van der Waals surface area contributed by atoms with Gasteiger partial charge in [-0.3, -0.25) is 4.79 Å². The molecule has 2 fully saturated rings. The summed E-state index contributed by atoms with van der Waals surface area (Å²) in [6, 6.07) is 0. The molecule has 2 rings (SSSR count). The number of carbonyl (C=O) groups is 1. The van der Waals surface area contributed by atoms with Gasteiger partial charge in [-0.1, -0.05) is 12.8 Å². The van der Waals surface area contributed by atoms with Gasteiger partial charge in [0.2, 0.25) is 5.91 Å². The van der Waals surface area contributed by atoms with Crippen molar-refractivity contribution in [3.63, 3.8) is 0 Å². The van der Waals surface area contributed by atoms with Crippen LogP contribution in [0.4, 0.5) is 0 Å². The quantitative estimate of drug-likeness (QED) is 0.515. The minimum absolute atomic E-state index is 0.252. The van der Waals surface area contributed by atoms with Gasteiger partial charge >= 0.3 is 0 Å². The molecule has 1 aliphatic carbocycles. The van der Waals surface area contributed by atoms with Gasteiger partial charge in [0.15, 0.2) is 0 Å². The molecule has 1 spiro atoms. The molecule has 0 aromatic rings. The maximum atomic E-state index is 10.9.